The molecule has 2 heteroatoms. The summed E-state index contributed by atoms with van der Waals surface area (Å²) in [5, 5.41) is 0. The van der Waals surface area contributed by atoms with Crippen molar-refractivity contribution >= 4 is 11.8 Å². The van der Waals surface area contributed by atoms with Crippen molar-refractivity contribution in [3.63, 3.8) is 0 Å². The Labute approximate surface area is 67.2 Å². The fourth-order valence-corrected chi connectivity index (χ4v) is 3.68. The number of rotatable bonds is 0. The van der Waals surface area contributed by atoms with Crippen molar-refractivity contribution in [2.75, 3.05) is 25.9 Å². The van der Waals surface area contributed by atoms with Crippen LogP contribution >= 0.6 is 11.8 Å². The van der Waals surface area contributed by atoms with Gasteiger partial charge in [-0.2, -0.15) is 11.8 Å². The molecule has 2 heterocycles. The van der Waals surface area contributed by atoms with E-state index in [1.54, 1.807) is 0 Å². The molecular formula is C8H15NS. The number of thioether (sulfide) groups is 1. The zero-order valence-electron chi connectivity index (χ0n) is 6.60. The van der Waals surface area contributed by atoms with Crippen molar-refractivity contribution in [3.8, 4) is 0 Å². The minimum absolute atomic E-state index is 0.703. The summed E-state index contributed by atoms with van der Waals surface area (Å²) in [6.45, 7) is 2.67. The fourth-order valence-electron chi connectivity index (χ4n) is 2.12. The van der Waals surface area contributed by atoms with Crippen LogP contribution in [-0.4, -0.2) is 35.5 Å². The third kappa shape index (κ3) is 1.08. The van der Waals surface area contributed by atoms with Gasteiger partial charge in [0, 0.05) is 11.3 Å². The van der Waals surface area contributed by atoms with E-state index in [9.17, 15) is 0 Å². The Hall–Kier alpha value is 0.310. The van der Waals surface area contributed by atoms with Gasteiger partial charge < -0.3 is 4.90 Å². The molecule has 0 saturated carbocycles. The van der Waals surface area contributed by atoms with Crippen LogP contribution in [-0.2, 0) is 0 Å². The lowest BCUT2D eigenvalue weighted by Crippen LogP contribution is -2.25. The SMILES string of the molecule is CN1CCC2(CCCS2)C1. The quantitative estimate of drug-likeness (QED) is 0.525. The van der Waals surface area contributed by atoms with Crippen LogP contribution in [0.2, 0.25) is 0 Å². The van der Waals surface area contributed by atoms with Crippen LogP contribution in [0.25, 0.3) is 0 Å². The summed E-state index contributed by atoms with van der Waals surface area (Å²) in [5.41, 5.74) is 0. The lowest BCUT2D eigenvalue weighted by molar-refractivity contribution is 0.402. The molecule has 2 saturated heterocycles. The molecule has 0 amide bonds. The van der Waals surface area contributed by atoms with E-state index in [0.717, 1.165) is 0 Å². The van der Waals surface area contributed by atoms with Gasteiger partial charge in [0.05, 0.1) is 0 Å². The maximum Gasteiger partial charge on any atom is 0.0299 e. The average Bonchev–Trinajstić information content (AvgIpc) is 2.46. The highest BCUT2D eigenvalue weighted by molar-refractivity contribution is 8.00. The highest BCUT2D eigenvalue weighted by Gasteiger charge is 2.39. The van der Waals surface area contributed by atoms with Crippen LogP contribution in [0.15, 0.2) is 0 Å². The number of hydrogen-bond acceptors (Lipinski definition) is 2. The van der Waals surface area contributed by atoms with Crippen LogP contribution in [0.3, 0.4) is 0 Å². The van der Waals surface area contributed by atoms with Gasteiger partial charge in [0.15, 0.2) is 0 Å². The molecule has 2 aliphatic rings. The first-order chi connectivity index (χ1) is 4.81. The molecule has 58 valence electrons. The van der Waals surface area contributed by atoms with E-state index in [-0.39, 0.29) is 0 Å². The van der Waals surface area contributed by atoms with E-state index in [1.807, 2.05) is 0 Å². The Morgan fingerprint density at radius 2 is 2.30 bits per heavy atom. The van der Waals surface area contributed by atoms with Gasteiger partial charge in [0.25, 0.3) is 0 Å². The highest BCUT2D eigenvalue weighted by atomic mass is 32.2. The van der Waals surface area contributed by atoms with Gasteiger partial charge in [-0.3, -0.25) is 0 Å². The standard InChI is InChI=1S/C8H15NS/c1-9-5-4-8(7-9)3-2-6-10-8/h2-7H2,1H3. The van der Waals surface area contributed by atoms with Gasteiger partial charge in [0.2, 0.25) is 0 Å². The highest BCUT2D eigenvalue weighted by Crippen LogP contribution is 2.44. The third-order valence-corrected chi connectivity index (χ3v) is 4.33. The summed E-state index contributed by atoms with van der Waals surface area (Å²) in [6, 6.07) is 0. The zero-order valence-corrected chi connectivity index (χ0v) is 7.41. The van der Waals surface area contributed by atoms with Crippen molar-refractivity contribution in [2.45, 2.75) is 24.0 Å². The Kier molecular flexibility index (Phi) is 1.69. The van der Waals surface area contributed by atoms with Crippen LogP contribution < -0.4 is 0 Å². The topological polar surface area (TPSA) is 3.24 Å². The predicted molar refractivity (Wildman–Crippen MR) is 46.5 cm³/mol. The van der Waals surface area contributed by atoms with Gasteiger partial charge in [-0.15, -0.1) is 0 Å². The van der Waals surface area contributed by atoms with Crippen molar-refractivity contribution in [2.24, 2.45) is 0 Å². The first kappa shape index (κ1) is 6.99. The molecular weight excluding hydrogens is 142 g/mol. The molecule has 1 nitrogen and oxygen atoms in total. The average molecular weight is 157 g/mol. The monoisotopic (exact) mass is 157 g/mol. The van der Waals surface area contributed by atoms with Gasteiger partial charge >= 0.3 is 0 Å². The van der Waals surface area contributed by atoms with Crippen LogP contribution in [0.4, 0.5) is 0 Å². The smallest absolute Gasteiger partial charge is 0.0299 e. The molecule has 1 unspecified atom stereocenters. The number of nitrogens with zero attached hydrogens (tertiary/aromatic N) is 1. The minimum Gasteiger partial charge on any atom is -0.305 e. The molecule has 0 radical (unpaired) electrons. The van der Waals surface area contributed by atoms with E-state index in [1.165, 1.54) is 38.1 Å². The summed E-state index contributed by atoms with van der Waals surface area (Å²) in [6.07, 6.45) is 4.37. The Balaban J connectivity index is 2.03. The Morgan fingerprint density at radius 3 is 2.80 bits per heavy atom. The first-order valence-corrected chi connectivity index (χ1v) is 5.12. The Bertz CT molecular complexity index is 129. The first-order valence-electron chi connectivity index (χ1n) is 4.13. The molecule has 0 bridgehead atoms. The van der Waals surface area contributed by atoms with E-state index in [4.69, 9.17) is 0 Å². The molecule has 2 rings (SSSR count). The predicted octanol–water partition coefficient (Wildman–Crippen LogP) is 1.59. The van der Waals surface area contributed by atoms with Gasteiger partial charge in [-0.05, 0) is 38.6 Å². The summed E-state index contributed by atoms with van der Waals surface area (Å²) in [5.74, 6) is 1.41. The summed E-state index contributed by atoms with van der Waals surface area (Å²) >= 11 is 2.21. The number of likely N-dealkylation sites (tertiary alicyclic amines) is 1. The molecule has 2 aliphatic heterocycles. The van der Waals surface area contributed by atoms with E-state index >= 15 is 0 Å². The second kappa shape index (κ2) is 2.42. The molecule has 0 aromatic heterocycles. The molecule has 0 aliphatic carbocycles. The molecule has 2 fully saturated rings. The van der Waals surface area contributed by atoms with Crippen molar-refractivity contribution in [3.05, 3.63) is 0 Å². The Morgan fingerprint density at radius 1 is 1.40 bits per heavy atom. The number of hydrogen-bond donors (Lipinski definition) is 0. The van der Waals surface area contributed by atoms with Crippen LogP contribution in [0, 0.1) is 0 Å². The molecule has 10 heavy (non-hydrogen) atoms. The van der Waals surface area contributed by atoms with E-state index in [0.29, 0.717) is 4.75 Å². The normalized spacial score (nSPS) is 41.7. The van der Waals surface area contributed by atoms with Crippen LogP contribution in [0.5, 0.6) is 0 Å². The second-order valence-electron chi connectivity index (χ2n) is 3.62. The maximum atomic E-state index is 2.47. The van der Waals surface area contributed by atoms with Crippen molar-refractivity contribution in [1.29, 1.82) is 0 Å². The van der Waals surface area contributed by atoms with Crippen molar-refractivity contribution < 1.29 is 0 Å². The lowest BCUT2D eigenvalue weighted by Gasteiger charge is -2.20. The summed E-state index contributed by atoms with van der Waals surface area (Å²) in [4.78, 5) is 2.47. The maximum absolute atomic E-state index is 2.47. The lowest BCUT2D eigenvalue weighted by atomic mass is 10.0. The second-order valence-corrected chi connectivity index (χ2v) is 5.19. The molecule has 0 aromatic rings. The summed E-state index contributed by atoms with van der Waals surface area (Å²) < 4.78 is 0.703. The molecule has 1 spiro atoms. The third-order valence-electron chi connectivity index (χ3n) is 2.69. The molecule has 0 aromatic carbocycles. The van der Waals surface area contributed by atoms with E-state index < -0.39 is 0 Å². The molecule has 0 N–H and O–H groups in total. The largest absolute Gasteiger partial charge is 0.305 e. The minimum atomic E-state index is 0.703. The van der Waals surface area contributed by atoms with Gasteiger partial charge in [0.1, 0.15) is 0 Å². The van der Waals surface area contributed by atoms with Crippen molar-refractivity contribution in [1.82, 2.24) is 4.90 Å². The molecule has 1 atom stereocenters. The van der Waals surface area contributed by atoms with E-state index in [2.05, 4.69) is 23.7 Å². The zero-order chi connectivity index (χ0) is 7.03. The summed E-state index contributed by atoms with van der Waals surface area (Å²) in [7, 11) is 2.24. The fraction of sp³-hybridized carbons (Fsp3) is 1.00. The van der Waals surface area contributed by atoms with Gasteiger partial charge in [-0.1, -0.05) is 0 Å². The van der Waals surface area contributed by atoms with Gasteiger partial charge in [-0.25, -0.2) is 0 Å². The van der Waals surface area contributed by atoms with Crippen LogP contribution in [0.1, 0.15) is 19.3 Å².